The number of aromatic nitrogens is 4. The molecule has 0 bridgehead atoms. The first kappa shape index (κ1) is 16.3. The molecular weight excluding hydrogens is 308 g/mol. The van der Waals surface area contributed by atoms with Crippen molar-refractivity contribution < 1.29 is 9.90 Å². The van der Waals surface area contributed by atoms with Crippen LogP contribution in [0.4, 0.5) is 5.82 Å². The molecule has 8 heteroatoms. The number of hydrogen-bond donors (Lipinski definition) is 2. The number of carbonyl (C=O) groups is 1. The lowest BCUT2D eigenvalue weighted by molar-refractivity contribution is 0.0253. The van der Waals surface area contributed by atoms with Gasteiger partial charge in [0.2, 0.25) is 0 Å². The van der Waals surface area contributed by atoms with Gasteiger partial charge in [0.05, 0.1) is 11.8 Å². The Morgan fingerprint density at radius 1 is 1.38 bits per heavy atom. The molecule has 3 rings (SSSR count). The van der Waals surface area contributed by atoms with Crippen molar-refractivity contribution in [2.24, 2.45) is 0 Å². The third-order valence-electron chi connectivity index (χ3n) is 4.04. The molecule has 0 aliphatic carbocycles. The van der Waals surface area contributed by atoms with Gasteiger partial charge in [0, 0.05) is 43.8 Å². The van der Waals surface area contributed by atoms with Crippen LogP contribution < -0.4 is 10.2 Å². The molecule has 24 heavy (non-hydrogen) atoms. The molecule has 2 aromatic heterocycles. The molecule has 3 heterocycles. The summed E-state index contributed by atoms with van der Waals surface area (Å²) in [5, 5.41) is 13.6. The van der Waals surface area contributed by atoms with E-state index in [2.05, 4.69) is 25.3 Å². The van der Waals surface area contributed by atoms with Crippen LogP contribution in [0.15, 0.2) is 31.0 Å². The largest absolute Gasteiger partial charge is 0.386 e. The van der Waals surface area contributed by atoms with E-state index < -0.39 is 5.60 Å². The zero-order valence-corrected chi connectivity index (χ0v) is 13.5. The summed E-state index contributed by atoms with van der Waals surface area (Å²) < 4.78 is 0. The van der Waals surface area contributed by atoms with Crippen molar-refractivity contribution in [1.29, 1.82) is 0 Å². The SMILES string of the molecule is Cc1cc(N2CCC[C@](O)(CNC(=O)c3cnccn3)C2)ncn1. The van der Waals surface area contributed by atoms with Crippen LogP contribution in [0.5, 0.6) is 0 Å². The van der Waals surface area contributed by atoms with Gasteiger partial charge in [-0.2, -0.15) is 0 Å². The molecule has 1 saturated heterocycles. The summed E-state index contributed by atoms with van der Waals surface area (Å²) in [4.78, 5) is 30.3. The lowest BCUT2D eigenvalue weighted by Gasteiger charge is -2.39. The van der Waals surface area contributed by atoms with E-state index in [1.807, 2.05) is 17.9 Å². The van der Waals surface area contributed by atoms with Crippen LogP contribution in [0.25, 0.3) is 0 Å². The average Bonchev–Trinajstić information content (AvgIpc) is 2.60. The summed E-state index contributed by atoms with van der Waals surface area (Å²) in [6.07, 6.45) is 7.33. The third-order valence-corrected chi connectivity index (χ3v) is 4.04. The predicted molar refractivity (Wildman–Crippen MR) is 87.5 cm³/mol. The molecule has 1 atom stereocenters. The summed E-state index contributed by atoms with van der Waals surface area (Å²) in [6.45, 7) is 3.28. The van der Waals surface area contributed by atoms with Crippen molar-refractivity contribution in [2.75, 3.05) is 24.5 Å². The molecule has 126 valence electrons. The molecule has 0 unspecified atom stereocenters. The molecule has 0 spiro atoms. The van der Waals surface area contributed by atoms with Gasteiger partial charge in [-0.1, -0.05) is 0 Å². The molecular formula is C16H20N6O2. The number of anilines is 1. The first-order valence-electron chi connectivity index (χ1n) is 7.86. The molecule has 8 nitrogen and oxygen atoms in total. The summed E-state index contributed by atoms with van der Waals surface area (Å²) in [5.41, 5.74) is 0.111. The molecule has 0 saturated carbocycles. The molecule has 1 fully saturated rings. The first-order valence-corrected chi connectivity index (χ1v) is 7.86. The number of β-amino-alcohol motifs (C(OH)–C–C–N with tert-alkyl or cyclic N) is 1. The van der Waals surface area contributed by atoms with Gasteiger partial charge in [-0.15, -0.1) is 0 Å². The third kappa shape index (κ3) is 3.83. The number of nitrogens with one attached hydrogen (secondary N) is 1. The van der Waals surface area contributed by atoms with Gasteiger partial charge >= 0.3 is 0 Å². The Kier molecular flexibility index (Phi) is 4.66. The number of carbonyl (C=O) groups excluding carboxylic acids is 1. The zero-order valence-electron chi connectivity index (χ0n) is 13.5. The Hall–Kier alpha value is -2.61. The molecule has 2 N–H and O–H groups in total. The van der Waals surface area contributed by atoms with Gasteiger partial charge < -0.3 is 15.3 Å². The zero-order chi connectivity index (χ0) is 17.0. The van der Waals surface area contributed by atoms with Crippen molar-refractivity contribution in [3.63, 3.8) is 0 Å². The van der Waals surface area contributed by atoms with Crippen molar-refractivity contribution in [1.82, 2.24) is 25.3 Å². The van der Waals surface area contributed by atoms with Crippen molar-refractivity contribution in [3.8, 4) is 0 Å². The second-order valence-electron chi connectivity index (χ2n) is 6.04. The van der Waals surface area contributed by atoms with Crippen molar-refractivity contribution in [3.05, 3.63) is 42.4 Å². The molecule has 1 amide bonds. The smallest absolute Gasteiger partial charge is 0.271 e. The minimum absolute atomic E-state index is 0.156. The van der Waals surface area contributed by atoms with Gasteiger partial charge in [-0.25, -0.2) is 15.0 Å². The summed E-state index contributed by atoms with van der Waals surface area (Å²) >= 11 is 0. The maximum atomic E-state index is 12.1. The average molecular weight is 328 g/mol. The number of aryl methyl sites for hydroxylation is 1. The van der Waals surface area contributed by atoms with Crippen LogP contribution in [-0.4, -0.2) is 56.2 Å². The first-order chi connectivity index (χ1) is 11.6. The maximum absolute atomic E-state index is 12.1. The number of piperidine rings is 1. The van der Waals surface area contributed by atoms with E-state index in [9.17, 15) is 9.90 Å². The van der Waals surface area contributed by atoms with Gasteiger partial charge in [0.15, 0.2) is 0 Å². The van der Waals surface area contributed by atoms with E-state index in [0.29, 0.717) is 13.0 Å². The van der Waals surface area contributed by atoms with E-state index in [1.165, 1.54) is 24.9 Å². The Balaban J connectivity index is 1.63. The number of rotatable bonds is 4. The van der Waals surface area contributed by atoms with E-state index in [4.69, 9.17) is 0 Å². The molecule has 0 aromatic carbocycles. The quantitative estimate of drug-likeness (QED) is 0.834. The van der Waals surface area contributed by atoms with E-state index in [1.54, 1.807) is 0 Å². The number of hydrogen-bond acceptors (Lipinski definition) is 7. The summed E-state index contributed by atoms with van der Waals surface area (Å²) in [5.74, 6) is 0.451. The van der Waals surface area contributed by atoms with Crippen LogP contribution in [0.3, 0.4) is 0 Å². The van der Waals surface area contributed by atoms with Gasteiger partial charge in [-0.05, 0) is 19.8 Å². The number of nitrogens with zero attached hydrogens (tertiary/aromatic N) is 5. The molecule has 1 aliphatic rings. The highest BCUT2D eigenvalue weighted by molar-refractivity contribution is 5.91. The second kappa shape index (κ2) is 6.88. The Morgan fingerprint density at radius 3 is 3.00 bits per heavy atom. The van der Waals surface area contributed by atoms with Crippen molar-refractivity contribution in [2.45, 2.75) is 25.4 Å². The van der Waals surface area contributed by atoms with E-state index in [-0.39, 0.29) is 18.1 Å². The monoisotopic (exact) mass is 328 g/mol. The second-order valence-corrected chi connectivity index (χ2v) is 6.04. The molecule has 1 aliphatic heterocycles. The van der Waals surface area contributed by atoms with Crippen LogP contribution in [0.2, 0.25) is 0 Å². The predicted octanol–water partition coefficient (Wildman–Crippen LogP) is 0.336. The van der Waals surface area contributed by atoms with E-state index in [0.717, 1.165) is 24.5 Å². The molecule has 2 aromatic rings. The standard InChI is InChI=1S/C16H20N6O2/c1-12-7-14(21-11-20-12)22-6-2-3-16(24,10-22)9-19-15(23)13-8-17-4-5-18-13/h4-5,7-8,11,24H,2-3,6,9-10H2,1H3,(H,19,23)/t16-/m0/s1. The highest BCUT2D eigenvalue weighted by Crippen LogP contribution is 2.24. The highest BCUT2D eigenvalue weighted by Gasteiger charge is 2.34. The fourth-order valence-electron chi connectivity index (χ4n) is 2.82. The summed E-state index contributed by atoms with van der Waals surface area (Å²) in [6, 6.07) is 1.89. The normalized spacial score (nSPS) is 20.7. The number of amides is 1. The highest BCUT2D eigenvalue weighted by atomic mass is 16.3. The Morgan fingerprint density at radius 2 is 2.25 bits per heavy atom. The Bertz CT molecular complexity index is 711. The number of aliphatic hydroxyl groups is 1. The maximum Gasteiger partial charge on any atom is 0.271 e. The fourth-order valence-corrected chi connectivity index (χ4v) is 2.82. The lowest BCUT2D eigenvalue weighted by atomic mass is 9.92. The summed E-state index contributed by atoms with van der Waals surface area (Å²) in [7, 11) is 0. The van der Waals surface area contributed by atoms with Crippen LogP contribution >= 0.6 is 0 Å². The van der Waals surface area contributed by atoms with Crippen LogP contribution in [0, 0.1) is 6.92 Å². The topological polar surface area (TPSA) is 104 Å². The minimum Gasteiger partial charge on any atom is -0.386 e. The minimum atomic E-state index is -1.00. The fraction of sp³-hybridized carbons (Fsp3) is 0.438. The van der Waals surface area contributed by atoms with Gasteiger partial charge in [0.25, 0.3) is 5.91 Å². The Labute approximate surface area is 140 Å². The van der Waals surface area contributed by atoms with Gasteiger partial charge in [0.1, 0.15) is 17.8 Å². The lowest BCUT2D eigenvalue weighted by Crippen LogP contribution is -2.54. The van der Waals surface area contributed by atoms with Crippen molar-refractivity contribution >= 4 is 11.7 Å². The van der Waals surface area contributed by atoms with Crippen LogP contribution in [-0.2, 0) is 0 Å². The van der Waals surface area contributed by atoms with Gasteiger partial charge in [-0.3, -0.25) is 9.78 Å². The van der Waals surface area contributed by atoms with Crippen LogP contribution in [0.1, 0.15) is 29.0 Å². The molecule has 0 radical (unpaired) electrons. The van der Waals surface area contributed by atoms with E-state index >= 15 is 0 Å².